The van der Waals surface area contributed by atoms with Crippen molar-refractivity contribution in [2.45, 2.75) is 19.9 Å². The van der Waals surface area contributed by atoms with Gasteiger partial charge in [-0.05, 0) is 24.6 Å². The summed E-state index contributed by atoms with van der Waals surface area (Å²) in [5.74, 6) is -0.0235. The second-order valence-corrected chi connectivity index (χ2v) is 4.23. The molecule has 0 aliphatic heterocycles. The van der Waals surface area contributed by atoms with Crippen molar-refractivity contribution in [2.75, 3.05) is 10.6 Å². The van der Waals surface area contributed by atoms with Gasteiger partial charge < -0.3 is 5.32 Å². The van der Waals surface area contributed by atoms with Crippen LogP contribution in [-0.2, 0) is 4.79 Å². The summed E-state index contributed by atoms with van der Waals surface area (Å²) < 4.78 is 12.9. The zero-order valence-electron chi connectivity index (χ0n) is 11.1. The van der Waals surface area contributed by atoms with Crippen LogP contribution < -0.4 is 10.6 Å². The van der Waals surface area contributed by atoms with Crippen LogP contribution in [0.1, 0.15) is 25.5 Å². The SMILES string of the molecule is CC(=O)Nc1ncnc(NC(C)c2ccc(F)cc2)n1. The van der Waals surface area contributed by atoms with Crippen molar-refractivity contribution in [1.82, 2.24) is 15.0 Å². The number of benzene rings is 1. The molecule has 1 heterocycles. The van der Waals surface area contributed by atoms with Crippen LogP contribution in [0, 0.1) is 5.82 Å². The van der Waals surface area contributed by atoms with E-state index in [4.69, 9.17) is 0 Å². The summed E-state index contributed by atoms with van der Waals surface area (Å²) in [4.78, 5) is 22.8. The maximum atomic E-state index is 12.9. The van der Waals surface area contributed by atoms with E-state index in [9.17, 15) is 9.18 Å². The molecular weight excluding hydrogens is 261 g/mol. The van der Waals surface area contributed by atoms with Crippen molar-refractivity contribution in [3.63, 3.8) is 0 Å². The molecule has 2 N–H and O–H groups in total. The van der Waals surface area contributed by atoms with Gasteiger partial charge in [-0.3, -0.25) is 10.1 Å². The van der Waals surface area contributed by atoms with Gasteiger partial charge in [0, 0.05) is 6.92 Å². The quantitative estimate of drug-likeness (QED) is 0.893. The highest BCUT2D eigenvalue weighted by molar-refractivity contribution is 5.86. The van der Waals surface area contributed by atoms with Crippen LogP contribution in [0.25, 0.3) is 0 Å². The van der Waals surface area contributed by atoms with Gasteiger partial charge in [0.15, 0.2) is 0 Å². The molecule has 1 atom stereocenters. The topological polar surface area (TPSA) is 79.8 Å². The number of amides is 1. The molecule has 0 aliphatic carbocycles. The Hall–Kier alpha value is -2.57. The maximum absolute atomic E-state index is 12.9. The molecule has 20 heavy (non-hydrogen) atoms. The molecule has 0 bridgehead atoms. The molecular formula is C13H14FN5O. The molecule has 1 aromatic carbocycles. The third-order valence-electron chi connectivity index (χ3n) is 2.58. The van der Waals surface area contributed by atoms with E-state index in [0.717, 1.165) is 5.56 Å². The highest BCUT2D eigenvalue weighted by atomic mass is 19.1. The summed E-state index contributed by atoms with van der Waals surface area (Å²) in [5, 5.41) is 5.53. The minimum Gasteiger partial charge on any atom is -0.348 e. The van der Waals surface area contributed by atoms with E-state index in [1.165, 1.54) is 25.4 Å². The Morgan fingerprint density at radius 2 is 1.85 bits per heavy atom. The molecule has 104 valence electrons. The predicted molar refractivity (Wildman–Crippen MR) is 72.6 cm³/mol. The Bertz CT molecular complexity index is 602. The summed E-state index contributed by atoms with van der Waals surface area (Å²) >= 11 is 0. The van der Waals surface area contributed by atoms with Crippen LogP contribution in [0.2, 0.25) is 0 Å². The zero-order chi connectivity index (χ0) is 14.5. The monoisotopic (exact) mass is 275 g/mol. The molecule has 0 radical (unpaired) electrons. The lowest BCUT2D eigenvalue weighted by Gasteiger charge is -2.14. The fraction of sp³-hybridized carbons (Fsp3) is 0.231. The normalized spacial score (nSPS) is 11.8. The van der Waals surface area contributed by atoms with Crippen LogP contribution >= 0.6 is 0 Å². The first-order valence-electron chi connectivity index (χ1n) is 6.03. The van der Waals surface area contributed by atoms with E-state index < -0.39 is 0 Å². The van der Waals surface area contributed by atoms with Gasteiger partial charge in [0.2, 0.25) is 17.8 Å². The third-order valence-corrected chi connectivity index (χ3v) is 2.58. The van der Waals surface area contributed by atoms with Crippen LogP contribution in [0.4, 0.5) is 16.3 Å². The first-order chi connectivity index (χ1) is 9.54. The Morgan fingerprint density at radius 1 is 1.20 bits per heavy atom. The van der Waals surface area contributed by atoms with E-state index in [2.05, 4.69) is 25.6 Å². The molecule has 7 heteroatoms. The van der Waals surface area contributed by atoms with Crippen molar-refractivity contribution < 1.29 is 9.18 Å². The van der Waals surface area contributed by atoms with Crippen molar-refractivity contribution in [3.05, 3.63) is 42.0 Å². The molecule has 1 unspecified atom stereocenters. The molecule has 0 saturated carbocycles. The summed E-state index contributed by atoms with van der Waals surface area (Å²) in [6.45, 7) is 3.27. The number of nitrogens with zero attached hydrogens (tertiary/aromatic N) is 3. The van der Waals surface area contributed by atoms with Gasteiger partial charge in [0.25, 0.3) is 0 Å². The second kappa shape index (κ2) is 6.05. The number of carbonyl (C=O) groups is 1. The molecule has 0 fully saturated rings. The Labute approximate surface area is 115 Å². The average molecular weight is 275 g/mol. The molecule has 2 aromatic rings. The standard InChI is InChI=1S/C13H14FN5O/c1-8(10-3-5-11(14)6-4-10)17-12-15-7-16-13(19-12)18-9(2)20/h3-8H,1-2H3,(H2,15,16,17,18,19,20). The van der Waals surface area contributed by atoms with E-state index >= 15 is 0 Å². The van der Waals surface area contributed by atoms with Crippen LogP contribution in [0.15, 0.2) is 30.6 Å². The second-order valence-electron chi connectivity index (χ2n) is 4.23. The predicted octanol–water partition coefficient (Wildman–Crippen LogP) is 2.14. The zero-order valence-corrected chi connectivity index (χ0v) is 11.1. The van der Waals surface area contributed by atoms with E-state index in [0.29, 0.717) is 5.95 Å². The van der Waals surface area contributed by atoms with Gasteiger partial charge >= 0.3 is 0 Å². The fourth-order valence-electron chi connectivity index (χ4n) is 1.61. The summed E-state index contributed by atoms with van der Waals surface area (Å²) in [7, 11) is 0. The van der Waals surface area contributed by atoms with Crippen molar-refractivity contribution in [2.24, 2.45) is 0 Å². The molecule has 1 aromatic heterocycles. The smallest absolute Gasteiger partial charge is 0.234 e. The number of rotatable bonds is 4. The third kappa shape index (κ3) is 3.71. The number of hydrogen-bond acceptors (Lipinski definition) is 5. The molecule has 6 nitrogen and oxygen atoms in total. The molecule has 0 spiro atoms. The molecule has 0 aliphatic rings. The Morgan fingerprint density at radius 3 is 2.50 bits per heavy atom. The number of aromatic nitrogens is 3. The molecule has 2 rings (SSSR count). The Balaban J connectivity index is 2.09. The van der Waals surface area contributed by atoms with Gasteiger partial charge in [-0.15, -0.1) is 0 Å². The van der Waals surface area contributed by atoms with Crippen LogP contribution in [0.5, 0.6) is 0 Å². The first kappa shape index (κ1) is 13.9. The summed E-state index contributed by atoms with van der Waals surface area (Å²) in [6.07, 6.45) is 1.30. The van der Waals surface area contributed by atoms with Gasteiger partial charge in [-0.1, -0.05) is 12.1 Å². The van der Waals surface area contributed by atoms with E-state index in [1.807, 2.05) is 6.92 Å². The number of hydrogen-bond donors (Lipinski definition) is 2. The summed E-state index contributed by atoms with van der Waals surface area (Å²) in [6, 6.07) is 6.04. The van der Waals surface area contributed by atoms with Gasteiger partial charge in [-0.25, -0.2) is 14.4 Å². The average Bonchev–Trinajstić information content (AvgIpc) is 2.39. The maximum Gasteiger partial charge on any atom is 0.234 e. The minimum absolute atomic E-state index is 0.108. The lowest BCUT2D eigenvalue weighted by atomic mass is 10.1. The highest BCUT2D eigenvalue weighted by Crippen LogP contribution is 2.17. The lowest BCUT2D eigenvalue weighted by Crippen LogP contribution is -2.13. The van der Waals surface area contributed by atoms with Gasteiger partial charge in [0.1, 0.15) is 12.1 Å². The van der Waals surface area contributed by atoms with Crippen molar-refractivity contribution in [1.29, 1.82) is 0 Å². The number of halogens is 1. The first-order valence-corrected chi connectivity index (χ1v) is 6.03. The van der Waals surface area contributed by atoms with E-state index in [1.54, 1.807) is 12.1 Å². The van der Waals surface area contributed by atoms with Gasteiger partial charge in [0.05, 0.1) is 6.04 Å². The number of carbonyl (C=O) groups excluding carboxylic acids is 1. The van der Waals surface area contributed by atoms with E-state index in [-0.39, 0.29) is 23.7 Å². The van der Waals surface area contributed by atoms with Crippen LogP contribution in [0.3, 0.4) is 0 Å². The largest absolute Gasteiger partial charge is 0.348 e. The fourth-order valence-corrected chi connectivity index (χ4v) is 1.61. The summed E-state index contributed by atoms with van der Waals surface area (Å²) in [5.41, 5.74) is 0.896. The van der Waals surface area contributed by atoms with Crippen molar-refractivity contribution in [3.8, 4) is 0 Å². The minimum atomic E-state index is -0.283. The van der Waals surface area contributed by atoms with Gasteiger partial charge in [-0.2, -0.15) is 4.98 Å². The lowest BCUT2D eigenvalue weighted by molar-refractivity contribution is -0.114. The molecule has 1 amide bonds. The van der Waals surface area contributed by atoms with Crippen LogP contribution in [-0.4, -0.2) is 20.9 Å². The van der Waals surface area contributed by atoms with Crippen molar-refractivity contribution >= 4 is 17.8 Å². The number of anilines is 2. The highest BCUT2D eigenvalue weighted by Gasteiger charge is 2.08. The molecule has 0 saturated heterocycles. The Kier molecular flexibility index (Phi) is 4.19. The number of nitrogens with one attached hydrogen (secondary N) is 2.